The summed E-state index contributed by atoms with van der Waals surface area (Å²) in [6.07, 6.45) is -2.48. The second kappa shape index (κ2) is 15.8. The van der Waals surface area contributed by atoms with Crippen molar-refractivity contribution in [3.05, 3.63) is 83.4 Å². The predicted molar refractivity (Wildman–Crippen MR) is 181 cm³/mol. The molecule has 5 rings (SSSR count). The van der Waals surface area contributed by atoms with Gasteiger partial charge in [-0.1, -0.05) is 84.4 Å². The predicted octanol–water partition coefficient (Wildman–Crippen LogP) is 6.53. The van der Waals surface area contributed by atoms with Crippen molar-refractivity contribution in [2.45, 2.75) is 69.8 Å². The van der Waals surface area contributed by atoms with Crippen LogP contribution < -0.4 is 10.1 Å². The van der Waals surface area contributed by atoms with E-state index in [1.54, 1.807) is 12.1 Å². The third-order valence-corrected chi connectivity index (χ3v) is 9.63. The average Bonchev–Trinajstić information content (AvgIpc) is 3.40. The summed E-state index contributed by atoms with van der Waals surface area (Å²) < 4.78 is 28.4. The Kier molecular flexibility index (Phi) is 11.5. The maximum absolute atomic E-state index is 13.1. The highest BCUT2D eigenvalue weighted by Gasteiger charge is 2.48. The number of carbonyl (C=O) groups is 4. The molecule has 1 N–H and O–H groups in total. The summed E-state index contributed by atoms with van der Waals surface area (Å²) in [6.45, 7) is 5.18. The maximum Gasteiger partial charge on any atom is 0.335 e. The molecule has 48 heavy (non-hydrogen) atoms. The van der Waals surface area contributed by atoms with Crippen molar-refractivity contribution in [1.29, 1.82) is 0 Å². The van der Waals surface area contributed by atoms with Crippen molar-refractivity contribution >= 4 is 45.4 Å². The van der Waals surface area contributed by atoms with Crippen LogP contribution in [0, 0.1) is 11.8 Å². The number of nitrogens with one attached hydrogen (secondary N) is 1. The van der Waals surface area contributed by atoms with Gasteiger partial charge in [0.2, 0.25) is 12.2 Å². The summed E-state index contributed by atoms with van der Waals surface area (Å²) in [7, 11) is 1.28. The van der Waals surface area contributed by atoms with Crippen LogP contribution in [-0.4, -0.2) is 56.0 Å². The van der Waals surface area contributed by atoms with Crippen LogP contribution in [0.15, 0.2) is 66.7 Å². The van der Waals surface area contributed by atoms with Gasteiger partial charge in [-0.15, -0.1) is 0 Å². The fraction of sp³-hybridized carbons (Fsp3) is 0.405. The van der Waals surface area contributed by atoms with Crippen molar-refractivity contribution in [3.8, 4) is 16.9 Å². The molecule has 0 radical (unpaired) electrons. The molecule has 1 heterocycles. The van der Waals surface area contributed by atoms with Crippen molar-refractivity contribution in [3.63, 3.8) is 0 Å². The van der Waals surface area contributed by atoms with E-state index >= 15 is 0 Å². The molecule has 1 fully saturated rings. The van der Waals surface area contributed by atoms with Crippen LogP contribution >= 0.6 is 15.9 Å². The highest BCUT2D eigenvalue weighted by atomic mass is 79.9. The lowest BCUT2D eigenvalue weighted by molar-refractivity contribution is -0.248. The molecule has 1 aliphatic heterocycles. The zero-order chi connectivity index (χ0) is 34.4. The monoisotopic (exact) mass is 721 g/mol. The van der Waals surface area contributed by atoms with Gasteiger partial charge in [0, 0.05) is 36.9 Å². The maximum atomic E-state index is 13.1. The molecule has 3 aromatic carbocycles. The fourth-order valence-corrected chi connectivity index (χ4v) is 6.63. The lowest BCUT2D eigenvalue weighted by Crippen LogP contribution is -2.55. The average molecular weight is 723 g/mol. The van der Waals surface area contributed by atoms with Gasteiger partial charge in [0.1, 0.15) is 12.4 Å². The molecule has 1 aliphatic carbocycles. The molecule has 2 aliphatic rings. The Hall–Kier alpha value is -4.22. The topological polar surface area (TPSA) is 126 Å². The van der Waals surface area contributed by atoms with Crippen LogP contribution in [0.5, 0.6) is 5.75 Å². The van der Waals surface area contributed by atoms with Crippen LogP contribution in [0.25, 0.3) is 11.1 Å². The molecule has 1 amide bonds. The molecule has 254 valence electrons. The molecular formula is C37H40BrNO9. The molecular weight excluding hydrogens is 682 g/mol. The highest BCUT2D eigenvalue weighted by molar-refractivity contribution is 9.08. The SMILES string of the molecule is COC(=O)[C@H]1OC(Oc2ccc(CBr)cc2NC(=O)CCCC(=O)OCC2c3ccccc3-c3ccccc32)[C@H](OC(C)=O)[C@@H](C)[C@@H]1C. The van der Waals surface area contributed by atoms with Gasteiger partial charge in [-0.05, 0) is 52.3 Å². The number of carbonyl (C=O) groups excluding carboxylic acids is 4. The minimum Gasteiger partial charge on any atom is -0.467 e. The zero-order valence-corrected chi connectivity index (χ0v) is 29.0. The van der Waals surface area contributed by atoms with Crippen LogP contribution in [-0.2, 0) is 43.5 Å². The number of hydrogen-bond acceptors (Lipinski definition) is 9. The lowest BCUT2D eigenvalue weighted by atomic mass is 9.83. The second-order valence-corrected chi connectivity index (χ2v) is 12.7. The normalized spacial score (nSPS) is 21.4. The van der Waals surface area contributed by atoms with Gasteiger partial charge >= 0.3 is 17.9 Å². The van der Waals surface area contributed by atoms with Crippen molar-refractivity contribution in [1.82, 2.24) is 0 Å². The van der Waals surface area contributed by atoms with Crippen LogP contribution in [0.4, 0.5) is 5.69 Å². The van der Waals surface area contributed by atoms with Gasteiger partial charge in [0.05, 0.1) is 12.8 Å². The number of anilines is 1. The molecule has 1 unspecified atom stereocenters. The smallest absolute Gasteiger partial charge is 0.335 e. The number of hydrogen-bond donors (Lipinski definition) is 1. The Morgan fingerprint density at radius 1 is 0.896 bits per heavy atom. The lowest BCUT2D eigenvalue weighted by Gasteiger charge is -2.42. The van der Waals surface area contributed by atoms with E-state index in [4.69, 9.17) is 23.7 Å². The number of alkyl halides is 1. The third kappa shape index (κ3) is 7.90. The van der Waals surface area contributed by atoms with Crippen molar-refractivity contribution in [2.24, 2.45) is 11.8 Å². The van der Waals surface area contributed by atoms with Gasteiger partial charge in [-0.25, -0.2) is 4.79 Å². The molecule has 0 aromatic heterocycles. The molecule has 11 heteroatoms. The summed E-state index contributed by atoms with van der Waals surface area (Å²) in [4.78, 5) is 50.2. The summed E-state index contributed by atoms with van der Waals surface area (Å²) in [5.74, 6) is -2.19. The second-order valence-electron chi connectivity index (χ2n) is 12.1. The molecule has 3 aromatic rings. The van der Waals surface area contributed by atoms with E-state index in [9.17, 15) is 19.2 Å². The van der Waals surface area contributed by atoms with E-state index in [2.05, 4.69) is 45.5 Å². The first-order valence-electron chi connectivity index (χ1n) is 16.0. The van der Waals surface area contributed by atoms with Gasteiger partial charge < -0.3 is 29.0 Å². The van der Waals surface area contributed by atoms with Crippen LogP contribution in [0.2, 0.25) is 0 Å². The number of rotatable bonds is 12. The number of fused-ring (bicyclic) bond motifs is 3. The zero-order valence-electron chi connectivity index (χ0n) is 27.4. The van der Waals surface area contributed by atoms with Gasteiger partial charge in [-0.2, -0.15) is 0 Å². The highest BCUT2D eigenvalue weighted by Crippen LogP contribution is 2.44. The number of methoxy groups -OCH3 is 1. The Bertz CT molecular complexity index is 1610. The number of amides is 1. The first kappa shape index (κ1) is 35.1. The van der Waals surface area contributed by atoms with Crippen LogP contribution in [0.3, 0.4) is 0 Å². The Labute approximate surface area is 288 Å². The standard InChI is InChI=1S/C37H40BrNO9/c1-21-22(2)35(46-23(3)40)37(48-34(21)36(43)44-4)47-31-17-16-24(19-38)18-30(31)39-32(41)14-9-15-33(42)45-20-29-27-12-7-5-10-25(27)26-11-6-8-13-28(26)29/h5-8,10-13,16-18,21-22,29,34-35,37H,9,14-15,19-20H2,1-4H3,(H,39,41)/t21-,22-,34-,35+,37?/m0/s1. The number of ether oxygens (including phenoxy) is 5. The largest absolute Gasteiger partial charge is 0.467 e. The summed E-state index contributed by atoms with van der Waals surface area (Å²) in [5.41, 5.74) is 5.82. The number of esters is 3. The van der Waals surface area contributed by atoms with E-state index in [1.807, 2.05) is 44.2 Å². The van der Waals surface area contributed by atoms with E-state index in [0.29, 0.717) is 11.0 Å². The van der Waals surface area contributed by atoms with E-state index in [1.165, 1.54) is 14.0 Å². The number of benzene rings is 3. The quantitative estimate of drug-likeness (QED) is 0.126. The molecule has 10 nitrogen and oxygen atoms in total. The molecule has 5 atom stereocenters. The minimum absolute atomic E-state index is 0.0348. The molecule has 0 saturated carbocycles. The summed E-state index contributed by atoms with van der Waals surface area (Å²) >= 11 is 3.44. The van der Waals surface area contributed by atoms with Gasteiger partial charge in [0.15, 0.2) is 12.2 Å². The molecule has 1 saturated heterocycles. The Morgan fingerprint density at radius 3 is 2.19 bits per heavy atom. The number of halogens is 1. The third-order valence-electron chi connectivity index (χ3n) is 8.98. The van der Waals surface area contributed by atoms with Gasteiger partial charge in [-0.3, -0.25) is 14.4 Å². The van der Waals surface area contributed by atoms with Crippen molar-refractivity contribution < 1.29 is 42.9 Å². The molecule has 0 bridgehead atoms. The Balaban J connectivity index is 1.19. The first-order valence-corrected chi connectivity index (χ1v) is 17.1. The Morgan fingerprint density at radius 2 is 1.56 bits per heavy atom. The van der Waals surface area contributed by atoms with Crippen molar-refractivity contribution in [2.75, 3.05) is 19.0 Å². The van der Waals surface area contributed by atoms with Gasteiger partial charge in [0.25, 0.3) is 0 Å². The van der Waals surface area contributed by atoms with E-state index < -0.39 is 30.4 Å². The first-order chi connectivity index (χ1) is 23.1. The van der Waals surface area contributed by atoms with Crippen LogP contribution in [0.1, 0.15) is 62.6 Å². The fourth-order valence-electron chi connectivity index (χ4n) is 6.28. The van der Waals surface area contributed by atoms with E-state index in [-0.39, 0.29) is 61.2 Å². The minimum atomic E-state index is -1.15. The molecule has 0 spiro atoms. The summed E-state index contributed by atoms with van der Waals surface area (Å²) in [5, 5.41) is 3.40. The summed E-state index contributed by atoms with van der Waals surface area (Å²) in [6, 6.07) is 21.5. The van der Waals surface area contributed by atoms with E-state index in [0.717, 1.165) is 27.8 Å².